The van der Waals surface area contributed by atoms with E-state index in [0.29, 0.717) is 13.2 Å². The first-order valence-electron chi connectivity index (χ1n) is 4.99. The third kappa shape index (κ3) is 11.4. The molecular weight excluding hydrogens is 180 g/mol. The minimum absolute atomic E-state index is 0.286. The molecular formula is C11H20O3. The number of aliphatic hydroxyl groups is 2. The Hall–Kier alpha value is -0.640. The molecule has 0 amide bonds. The molecule has 0 spiro atoms. The van der Waals surface area contributed by atoms with Crippen LogP contribution in [0.15, 0.2) is 24.3 Å². The lowest BCUT2D eigenvalue weighted by molar-refractivity contribution is -0.0610. The van der Waals surface area contributed by atoms with Gasteiger partial charge in [-0.2, -0.15) is 0 Å². The van der Waals surface area contributed by atoms with Crippen LogP contribution in [0.5, 0.6) is 0 Å². The van der Waals surface area contributed by atoms with Crippen molar-refractivity contribution in [2.24, 2.45) is 0 Å². The maximum Gasteiger partial charge on any atom is 0.153 e. The highest BCUT2D eigenvalue weighted by atomic mass is 16.5. The lowest BCUT2D eigenvalue weighted by Gasteiger charge is -2.03. The lowest BCUT2D eigenvalue weighted by atomic mass is 10.3. The highest BCUT2D eigenvalue weighted by Gasteiger charge is 1.95. The van der Waals surface area contributed by atoms with Crippen LogP contribution >= 0.6 is 0 Å². The zero-order valence-corrected chi connectivity index (χ0v) is 8.72. The number of aliphatic hydroxyl groups excluding tert-OH is 1. The molecule has 0 rings (SSSR count). The van der Waals surface area contributed by atoms with Crippen molar-refractivity contribution in [3.8, 4) is 0 Å². The van der Waals surface area contributed by atoms with E-state index in [9.17, 15) is 0 Å². The van der Waals surface area contributed by atoms with Gasteiger partial charge < -0.3 is 14.9 Å². The number of hydrogen-bond donors (Lipinski definition) is 2. The van der Waals surface area contributed by atoms with Gasteiger partial charge in [-0.3, -0.25) is 0 Å². The van der Waals surface area contributed by atoms with Crippen LogP contribution in [-0.2, 0) is 4.74 Å². The van der Waals surface area contributed by atoms with Crippen molar-refractivity contribution in [1.29, 1.82) is 0 Å². The van der Waals surface area contributed by atoms with E-state index in [4.69, 9.17) is 14.9 Å². The first-order chi connectivity index (χ1) is 6.77. The van der Waals surface area contributed by atoms with Gasteiger partial charge in [-0.05, 0) is 19.8 Å². The Morgan fingerprint density at radius 1 is 1.21 bits per heavy atom. The summed E-state index contributed by atoms with van der Waals surface area (Å²) >= 11 is 0. The van der Waals surface area contributed by atoms with E-state index in [-0.39, 0.29) is 6.42 Å². The molecule has 3 nitrogen and oxygen atoms in total. The normalized spacial score (nSPS) is 12.3. The standard InChI is InChI=1S/C11H20O3/c1-2-3-4-5-6-7-9-14-10-8-11(12)13/h2-5,11-13H,6-10H2,1H3. The molecule has 2 N–H and O–H groups in total. The topological polar surface area (TPSA) is 49.7 Å². The average Bonchev–Trinajstić information content (AvgIpc) is 2.15. The quantitative estimate of drug-likeness (QED) is 0.355. The summed E-state index contributed by atoms with van der Waals surface area (Å²) in [5, 5.41) is 17.0. The first-order valence-corrected chi connectivity index (χ1v) is 4.99. The van der Waals surface area contributed by atoms with Crippen LogP contribution in [0, 0.1) is 0 Å². The second kappa shape index (κ2) is 10.4. The van der Waals surface area contributed by atoms with E-state index in [1.165, 1.54) is 0 Å². The molecule has 0 saturated carbocycles. The molecule has 14 heavy (non-hydrogen) atoms. The Kier molecular flexibility index (Phi) is 9.96. The summed E-state index contributed by atoms with van der Waals surface area (Å²) in [4.78, 5) is 0. The largest absolute Gasteiger partial charge is 0.381 e. The van der Waals surface area contributed by atoms with Crippen LogP contribution < -0.4 is 0 Å². The smallest absolute Gasteiger partial charge is 0.153 e. The van der Waals surface area contributed by atoms with Crippen molar-refractivity contribution in [3.05, 3.63) is 24.3 Å². The van der Waals surface area contributed by atoms with Crippen molar-refractivity contribution in [3.63, 3.8) is 0 Å². The van der Waals surface area contributed by atoms with Crippen molar-refractivity contribution in [2.75, 3.05) is 13.2 Å². The Balaban J connectivity index is 3.06. The van der Waals surface area contributed by atoms with E-state index in [2.05, 4.69) is 6.08 Å². The molecule has 0 aliphatic heterocycles. The van der Waals surface area contributed by atoms with Gasteiger partial charge in [0, 0.05) is 13.0 Å². The van der Waals surface area contributed by atoms with E-state index in [1.807, 2.05) is 25.2 Å². The molecule has 0 fully saturated rings. The van der Waals surface area contributed by atoms with E-state index in [1.54, 1.807) is 0 Å². The summed E-state index contributed by atoms with van der Waals surface area (Å²) in [5.74, 6) is 0. The first kappa shape index (κ1) is 13.4. The summed E-state index contributed by atoms with van der Waals surface area (Å²) in [6.07, 6.45) is 9.07. The predicted molar refractivity (Wildman–Crippen MR) is 56.8 cm³/mol. The van der Waals surface area contributed by atoms with E-state index in [0.717, 1.165) is 12.8 Å². The third-order valence-electron chi connectivity index (χ3n) is 1.62. The van der Waals surface area contributed by atoms with Crippen molar-refractivity contribution in [1.82, 2.24) is 0 Å². The van der Waals surface area contributed by atoms with E-state index < -0.39 is 6.29 Å². The molecule has 0 heterocycles. The van der Waals surface area contributed by atoms with Crippen LogP contribution in [-0.4, -0.2) is 29.7 Å². The second-order valence-electron chi connectivity index (χ2n) is 2.98. The van der Waals surface area contributed by atoms with Gasteiger partial charge in [0.25, 0.3) is 0 Å². The Labute approximate surface area is 85.7 Å². The van der Waals surface area contributed by atoms with Gasteiger partial charge in [0.1, 0.15) is 0 Å². The Bertz CT molecular complexity index is 162. The molecule has 0 aromatic carbocycles. The summed E-state index contributed by atoms with van der Waals surface area (Å²) in [6, 6.07) is 0. The zero-order chi connectivity index (χ0) is 10.6. The monoisotopic (exact) mass is 200 g/mol. The molecule has 0 atom stereocenters. The maximum absolute atomic E-state index is 8.51. The van der Waals surface area contributed by atoms with Crippen molar-refractivity contribution in [2.45, 2.75) is 32.5 Å². The van der Waals surface area contributed by atoms with Crippen molar-refractivity contribution < 1.29 is 14.9 Å². The van der Waals surface area contributed by atoms with Crippen LogP contribution in [0.2, 0.25) is 0 Å². The minimum atomic E-state index is -1.25. The molecule has 0 unspecified atom stereocenters. The second-order valence-corrected chi connectivity index (χ2v) is 2.98. The van der Waals surface area contributed by atoms with Gasteiger partial charge in [-0.25, -0.2) is 0 Å². The number of unbranched alkanes of at least 4 members (excludes halogenated alkanes) is 1. The third-order valence-corrected chi connectivity index (χ3v) is 1.62. The van der Waals surface area contributed by atoms with Crippen LogP contribution in [0.4, 0.5) is 0 Å². The molecule has 0 aliphatic carbocycles. The number of hydrogen-bond acceptors (Lipinski definition) is 3. The lowest BCUT2D eigenvalue weighted by Crippen LogP contribution is -2.09. The molecule has 0 saturated heterocycles. The van der Waals surface area contributed by atoms with Crippen LogP contribution in [0.3, 0.4) is 0 Å². The molecule has 0 radical (unpaired) electrons. The number of rotatable bonds is 8. The minimum Gasteiger partial charge on any atom is -0.381 e. The van der Waals surface area contributed by atoms with Crippen LogP contribution in [0.25, 0.3) is 0 Å². The molecule has 0 aromatic heterocycles. The number of ether oxygens (including phenoxy) is 1. The molecule has 0 aromatic rings. The van der Waals surface area contributed by atoms with Gasteiger partial charge in [-0.1, -0.05) is 24.3 Å². The zero-order valence-electron chi connectivity index (χ0n) is 8.72. The summed E-state index contributed by atoms with van der Waals surface area (Å²) in [6.45, 7) is 3.07. The maximum atomic E-state index is 8.51. The summed E-state index contributed by atoms with van der Waals surface area (Å²) in [5.41, 5.74) is 0. The average molecular weight is 200 g/mol. The fourth-order valence-electron chi connectivity index (χ4n) is 0.880. The molecule has 82 valence electrons. The Morgan fingerprint density at radius 3 is 2.64 bits per heavy atom. The van der Waals surface area contributed by atoms with Gasteiger partial charge in [-0.15, -0.1) is 0 Å². The predicted octanol–water partition coefficient (Wildman–Crippen LogP) is 1.62. The molecule has 3 heteroatoms. The highest BCUT2D eigenvalue weighted by molar-refractivity contribution is 5.00. The SMILES string of the molecule is CC=CC=CCCCOCCC(O)O. The number of allylic oxidation sites excluding steroid dienone is 4. The van der Waals surface area contributed by atoms with Crippen LogP contribution in [0.1, 0.15) is 26.2 Å². The van der Waals surface area contributed by atoms with E-state index >= 15 is 0 Å². The fraction of sp³-hybridized carbons (Fsp3) is 0.636. The molecule has 0 bridgehead atoms. The fourth-order valence-corrected chi connectivity index (χ4v) is 0.880. The van der Waals surface area contributed by atoms with Gasteiger partial charge in [0.15, 0.2) is 6.29 Å². The Morgan fingerprint density at radius 2 is 2.00 bits per heavy atom. The van der Waals surface area contributed by atoms with Gasteiger partial charge in [0.2, 0.25) is 0 Å². The van der Waals surface area contributed by atoms with Crippen molar-refractivity contribution >= 4 is 0 Å². The van der Waals surface area contributed by atoms with Gasteiger partial charge in [0.05, 0.1) is 6.61 Å². The highest BCUT2D eigenvalue weighted by Crippen LogP contribution is 1.94. The molecule has 0 aliphatic rings. The summed E-state index contributed by atoms with van der Waals surface area (Å²) in [7, 11) is 0. The summed E-state index contributed by atoms with van der Waals surface area (Å²) < 4.78 is 5.18. The van der Waals surface area contributed by atoms with Gasteiger partial charge >= 0.3 is 0 Å².